The molecule has 1 aromatic carbocycles. The third-order valence-electron chi connectivity index (χ3n) is 4.57. The Labute approximate surface area is 153 Å². The second-order valence-corrected chi connectivity index (χ2v) is 6.28. The summed E-state index contributed by atoms with van der Waals surface area (Å²) in [6, 6.07) is 2.41. The van der Waals surface area contributed by atoms with Crippen LogP contribution in [0.2, 0.25) is 0 Å². The van der Waals surface area contributed by atoms with Crippen molar-refractivity contribution in [1.29, 1.82) is 0 Å². The molecule has 1 atom stereocenters. The first-order chi connectivity index (χ1) is 12.6. The molecule has 0 spiro atoms. The molecule has 0 saturated carbocycles. The minimum atomic E-state index is -1.52. The van der Waals surface area contributed by atoms with Gasteiger partial charge in [0.1, 0.15) is 22.7 Å². The number of rotatable bonds is 4. The van der Waals surface area contributed by atoms with Gasteiger partial charge in [-0.1, -0.05) is 0 Å². The summed E-state index contributed by atoms with van der Waals surface area (Å²) in [7, 11) is 0. The number of amides is 2. The SMILES string of the molecule is CC(=O)C1(C)C(=O)Nc2cc(NC(=O)c3cnc(C)nc3)c([N+](=O)[O-])cc21. The fourth-order valence-electron chi connectivity index (χ4n) is 2.78. The lowest BCUT2D eigenvalue weighted by Gasteiger charge is -2.18. The van der Waals surface area contributed by atoms with Crippen LogP contribution in [0, 0.1) is 17.0 Å². The number of nitrogens with one attached hydrogen (secondary N) is 2. The Balaban J connectivity index is 2.05. The number of ketones is 1. The maximum Gasteiger partial charge on any atom is 0.293 e. The highest BCUT2D eigenvalue weighted by Crippen LogP contribution is 2.43. The van der Waals surface area contributed by atoms with Crippen LogP contribution >= 0.6 is 0 Å². The number of aromatic nitrogens is 2. The van der Waals surface area contributed by atoms with E-state index in [0.29, 0.717) is 5.82 Å². The van der Waals surface area contributed by atoms with E-state index in [9.17, 15) is 24.5 Å². The largest absolute Gasteiger partial charge is 0.325 e. The number of carbonyl (C=O) groups excluding carboxylic acids is 3. The van der Waals surface area contributed by atoms with Crippen molar-refractivity contribution in [3.63, 3.8) is 0 Å². The van der Waals surface area contributed by atoms with Gasteiger partial charge in [0.2, 0.25) is 5.91 Å². The molecule has 3 rings (SSSR count). The van der Waals surface area contributed by atoms with Crippen LogP contribution in [0.5, 0.6) is 0 Å². The molecule has 138 valence electrons. The summed E-state index contributed by atoms with van der Waals surface area (Å²) in [6.45, 7) is 4.30. The maximum atomic E-state index is 12.3. The number of fused-ring (bicyclic) bond motifs is 1. The smallest absolute Gasteiger partial charge is 0.293 e. The molecule has 0 fully saturated rings. The topological polar surface area (TPSA) is 144 Å². The average Bonchev–Trinajstić information content (AvgIpc) is 2.86. The molecule has 10 nitrogen and oxygen atoms in total. The quantitative estimate of drug-likeness (QED) is 0.474. The molecule has 10 heteroatoms. The van der Waals surface area contributed by atoms with Crippen molar-refractivity contribution in [1.82, 2.24) is 9.97 Å². The number of nitrogens with zero attached hydrogens (tertiary/aromatic N) is 3. The molecule has 2 amide bonds. The van der Waals surface area contributed by atoms with Crippen molar-refractivity contribution in [2.45, 2.75) is 26.2 Å². The van der Waals surface area contributed by atoms with E-state index in [1.165, 1.54) is 32.3 Å². The fraction of sp³-hybridized carbons (Fsp3) is 0.235. The summed E-state index contributed by atoms with van der Waals surface area (Å²) in [5.41, 5.74) is -1.51. The maximum absolute atomic E-state index is 12.3. The average molecular weight is 369 g/mol. The summed E-state index contributed by atoms with van der Waals surface area (Å²) < 4.78 is 0. The fourth-order valence-corrected chi connectivity index (χ4v) is 2.78. The van der Waals surface area contributed by atoms with Gasteiger partial charge < -0.3 is 10.6 Å². The predicted molar refractivity (Wildman–Crippen MR) is 94.5 cm³/mol. The number of nitro benzene ring substituents is 1. The monoisotopic (exact) mass is 369 g/mol. The van der Waals surface area contributed by atoms with Gasteiger partial charge in [0.25, 0.3) is 11.6 Å². The highest BCUT2D eigenvalue weighted by molar-refractivity contribution is 6.21. The molecular weight excluding hydrogens is 354 g/mol. The lowest BCUT2D eigenvalue weighted by atomic mass is 9.80. The first-order valence-corrected chi connectivity index (χ1v) is 7.90. The number of carbonyl (C=O) groups is 3. The Morgan fingerprint density at radius 3 is 2.44 bits per heavy atom. The Hall–Kier alpha value is -3.69. The minimum Gasteiger partial charge on any atom is -0.325 e. The number of benzene rings is 1. The number of anilines is 2. The molecule has 2 N–H and O–H groups in total. The van der Waals surface area contributed by atoms with Crippen molar-refractivity contribution in [2.75, 3.05) is 10.6 Å². The summed E-state index contributed by atoms with van der Waals surface area (Å²) in [5.74, 6) is -1.19. The molecule has 27 heavy (non-hydrogen) atoms. The van der Waals surface area contributed by atoms with Crippen LogP contribution in [-0.2, 0) is 15.0 Å². The van der Waals surface area contributed by atoms with Crippen LogP contribution in [0.4, 0.5) is 17.1 Å². The van der Waals surface area contributed by atoms with Gasteiger partial charge in [-0.2, -0.15) is 0 Å². The molecule has 1 aliphatic rings. The summed E-state index contributed by atoms with van der Waals surface area (Å²) >= 11 is 0. The molecule has 1 aliphatic heterocycles. The van der Waals surface area contributed by atoms with Gasteiger partial charge in [-0.25, -0.2) is 9.97 Å². The number of hydrogen-bond donors (Lipinski definition) is 2. The van der Waals surface area contributed by atoms with Crippen molar-refractivity contribution < 1.29 is 19.3 Å². The molecule has 0 bridgehead atoms. The molecule has 0 aliphatic carbocycles. The first-order valence-electron chi connectivity index (χ1n) is 7.90. The molecule has 2 aromatic rings. The predicted octanol–water partition coefficient (Wildman–Crippen LogP) is 1.74. The van der Waals surface area contributed by atoms with Crippen LogP contribution in [0.3, 0.4) is 0 Å². The van der Waals surface area contributed by atoms with Crippen LogP contribution in [0.25, 0.3) is 0 Å². The molecule has 1 aromatic heterocycles. The number of nitro groups is 1. The highest BCUT2D eigenvalue weighted by atomic mass is 16.6. The third-order valence-corrected chi connectivity index (χ3v) is 4.57. The normalized spacial score (nSPS) is 17.8. The van der Waals surface area contributed by atoms with E-state index >= 15 is 0 Å². The Morgan fingerprint density at radius 1 is 1.26 bits per heavy atom. The minimum absolute atomic E-state index is 0.113. The van der Waals surface area contributed by atoms with E-state index in [4.69, 9.17) is 0 Å². The second-order valence-electron chi connectivity index (χ2n) is 6.28. The van der Waals surface area contributed by atoms with Crippen molar-refractivity contribution in [3.8, 4) is 0 Å². The summed E-state index contributed by atoms with van der Waals surface area (Å²) in [6.07, 6.45) is 2.59. The summed E-state index contributed by atoms with van der Waals surface area (Å²) in [5, 5.41) is 16.5. The third kappa shape index (κ3) is 2.90. The zero-order valence-corrected chi connectivity index (χ0v) is 14.7. The van der Waals surface area contributed by atoms with Crippen LogP contribution in [0.15, 0.2) is 24.5 Å². The zero-order chi connectivity index (χ0) is 19.9. The zero-order valence-electron chi connectivity index (χ0n) is 14.7. The van der Waals surface area contributed by atoms with E-state index < -0.39 is 33.6 Å². The van der Waals surface area contributed by atoms with Gasteiger partial charge in [0, 0.05) is 29.7 Å². The van der Waals surface area contributed by atoms with Gasteiger partial charge in [0.05, 0.1) is 10.5 Å². The van der Waals surface area contributed by atoms with Gasteiger partial charge in [-0.3, -0.25) is 24.5 Å². The highest BCUT2D eigenvalue weighted by Gasteiger charge is 2.48. The van der Waals surface area contributed by atoms with Crippen LogP contribution in [-0.4, -0.2) is 32.5 Å². The molecule has 1 unspecified atom stereocenters. The second kappa shape index (κ2) is 6.24. The Kier molecular flexibility index (Phi) is 4.18. The van der Waals surface area contributed by atoms with Gasteiger partial charge in [0.15, 0.2) is 0 Å². The lowest BCUT2D eigenvalue weighted by Crippen LogP contribution is -2.37. The van der Waals surface area contributed by atoms with Crippen LogP contribution in [0.1, 0.15) is 35.6 Å². The van der Waals surface area contributed by atoms with E-state index in [1.54, 1.807) is 6.92 Å². The van der Waals surface area contributed by atoms with E-state index in [0.717, 1.165) is 6.07 Å². The van der Waals surface area contributed by atoms with Gasteiger partial charge >= 0.3 is 0 Å². The van der Waals surface area contributed by atoms with Gasteiger partial charge in [-0.05, 0) is 26.8 Å². The van der Waals surface area contributed by atoms with Gasteiger partial charge in [-0.15, -0.1) is 0 Å². The first kappa shape index (κ1) is 18.1. The Bertz CT molecular complexity index is 1000. The van der Waals surface area contributed by atoms with Crippen molar-refractivity contribution in [2.24, 2.45) is 0 Å². The molecule has 2 heterocycles. The van der Waals surface area contributed by atoms with E-state index in [2.05, 4.69) is 20.6 Å². The lowest BCUT2D eigenvalue weighted by molar-refractivity contribution is -0.384. The molecular formula is C17H15N5O5. The number of aryl methyl sites for hydroxylation is 1. The summed E-state index contributed by atoms with van der Waals surface area (Å²) in [4.78, 5) is 55.2. The standard InChI is InChI=1S/C17H15N5O5/c1-8(23)17(3)11-4-14(22(26)27)13(5-12(11)21-16(17)25)20-15(24)10-6-18-9(2)19-7-10/h4-7H,1-3H3,(H,20,24)(H,21,25). The van der Waals surface area contributed by atoms with Crippen molar-refractivity contribution in [3.05, 3.63) is 51.6 Å². The molecule has 0 radical (unpaired) electrons. The van der Waals surface area contributed by atoms with Crippen molar-refractivity contribution >= 4 is 34.7 Å². The molecule has 0 saturated heterocycles. The van der Waals surface area contributed by atoms with E-state index in [-0.39, 0.29) is 22.5 Å². The Morgan fingerprint density at radius 2 is 1.89 bits per heavy atom. The van der Waals surface area contributed by atoms with Crippen LogP contribution < -0.4 is 10.6 Å². The number of Topliss-reactive ketones (excluding diaryl/α,β-unsaturated/α-hetero) is 1. The number of hydrogen-bond acceptors (Lipinski definition) is 7. The van der Waals surface area contributed by atoms with E-state index in [1.807, 2.05) is 0 Å².